The van der Waals surface area contributed by atoms with Crippen molar-refractivity contribution in [3.63, 3.8) is 0 Å². The van der Waals surface area contributed by atoms with Gasteiger partial charge in [0.15, 0.2) is 0 Å². The van der Waals surface area contributed by atoms with Crippen molar-refractivity contribution in [3.8, 4) is 0 Å². The number of rotatable bonds is 3. The Kier molecular flexibility index (Phi) is 3.65. The zero-order valence-corrected chi connectivity index (χ0v) is 11.9. The van der Waals surface area contributed by atoms with Gasteiger partial charge in [-0.1, -0.05) is 54.6 Å². The number of carbonyl (C=O) groups is 1. The average molecular weight is 276 g/mol. The Morgan fingerprint density at radius 3 is 2.43 bits per heavy atom. The molecule has 0 N–H and O–H groups in total. The van der Waals surface area contributed by atoms with Crippen LogP contribution in [0.1, 0.15) is 16.1 Å². The fourth-order valence-corrected chi connectivity index (χ4v) is 2.33. The van der Waals surface area contributed by atoms with Gasteiger partial charge < -0.3 is 4.90 Å². The Morgan fingerprint density at radius 2 is 1.67 bits per heavy atom. The molecule has 3 heteroatoms. The summed E-state index contributed by atoms with van der Waals surface area (Å²) >= 11 is 0. The maximum absolute atomic E-state index is 12.5. The average Bonchev–Trinajstić information content (AvgIpc) is 2.54. The molecule has 0 unspecified atom stereocenters. The Morgan fingerprint density at radius 1 is 1.00 bits per heavy atom. The highest BCUT2D eigenvalue weighted by Crippen LogP contribution is 2.15. The summed E-state index contributed by atoms with van der Waals surface area (Å²) in [5.41, 5.74) is 1.58. The maximum Gasteiger partial charge on any atom is 0.272 e. The largest absolute Gasteiger partial charge is 0.336 e. The van der Waals surface area contributed by atoms with Crippen molar-refractivity contribution in [1.29, 1.82) is 0 Å². The van der Waals surface area contributed by atoms with E-state index in [-0.39, 0.29) is 5.91 Å². The van der Waals surface area contributed by atoms with E-state index in [4.69, 9.17) is 0 Å². The molecule has 1 amide bonds. The summed E-state index contributed by atoms with van der Waals surface area (Å²) in [5.74, 6) is -0.0652. The SMILES string of the molecule is CN(Cc1ccccc1)C(=O)c1cc2ccccc2cn1. The molecule has 3 rings (SSSR count). The van der Waals surface area contributed by atoms with Gasteiger partial charge in [-0.3, -0.25) is 9.78 Å². The third-order valence-electron chi connectivity index (χ3n) is 3.46. The Hall–Kier alpha value is -2.68. The summed E-state index contributed by atoms with van der Waals surface area (Å²) in [4.78, 5) is 18.4. The van der Waals surface area contributed by atoms with Crippen molar-refractivity contribution in [2.24, 2.45) is 0 Å². The van der Waals surface area contributed by atoms with E-state index >= 15 is 0 Å². The predicted molar refractivity (Wildman–Crippen MR) is 84.0 cm³/mol. The number of carbonyl (C=O) groups excluding carboxylic acids is 1. The molecule has 0 aliphatic rings. The summed E-state index contributed by atoms with van der Waals surface area (Å²) in [5, 5.41) is 2.07. The fourth-order valence-electron chi connectivity index (χ4n) is 2.33. The van der Waals surface area contributed by atoms with Crippen LogP contribution in [0, 0.1) is 0 Å². The first-order valence-electron chi connectivity index (χ1n) is 6.88. The predicted octanol–water partition coefficient (Wildman–Crippen LogP) is 3.51. The van der Waals surface area contributed by atoms with E-state index in [1.807, 2.05) is 60.7 Å². The molecule has 0 radical (unpaired) electrons. The molecular weight excluding hydrogens is 260 g/mol. The van der Waals surface area contributed by atoms with Crippen molar-refractivity contribution >= 4 is 16.7 Å². The fraction of sp³-hybridized carbons (Fsp3) is 0.111. The summed E-state index contributed by atoms with van der Waals surface area (Å²) < 4.78 is 0. The van der Waals surface area contributed by atoms with Crippen LogP contribution in [-0.4, -0.2) is 22.8 Å². The van der Waals surface area contributed by atoms with Crippen LogP contribution in [0.4, 0.5) is 0 Å². The molecule has 0 atom stereocenters. The number of benzene rings is 2. The van der Waals surface area contributed by atoms with Crippen LogP contribution < -0.4 is 0 Å². The minimum Gasteiger partial charge on any atom is -0.336 e. The molecule has 0 aliphatic heterocycles. The quantitative estimate of drug-likeness (QED) is 0.733. The molecular formula is C18H16N2O. The molecule has 3 aromatic rings. The number of amides is 1. The van der Waals surface area contributed by atoms with Gasteiger partial charge in [0.2, 0.25) is 0 Å². The molecule has 0 saturated heterocycles. The summed E-state index contributed by atoms with van der Waals surface area (Å²) in [6.07, 6.45) is 1.75. The second-order valence-electron chi connectivity index (χ2n) is 5.06. The molecule has 3 nitrogen and oxygen atoms in total. The zero-order valence-electron chi connectivity index (χ0n) is 11.9. The smallest absolute Gasteiger partial charge is 0.272 e. The zero-order chi connectivity index (χ0) is 14.7. The van der Waals surface area contributed by atoms with Crippen molar-refractivity contribution in [1.82, 2.24) is 9.88 Å². The molecule has 0 bridgehead atoms. The molecule has 0 saturated carbocycles. The number of hydrogen-bond acceptors (Lipinski definition) is 2. The monoisotopic (exact) mass is 276 g/mol. The van der Waals surface area contributed by atoms with E-state index in [1.54, 1.807) is 18.1 Å². The Labute approximate surface area is 123 Å². The highest BCUT2D eigenvalue weighted by atomic mass is 16.2. The molecule has 0 spiro atoms. The standard InChI is InChI=1S/C18H16N2O/c1-20(13-14-7-3-2-4-8-14)18(21)17-11-15-9-5-6-10-16(15)12-19-17/h2-12H,13H2,1H3. The van der Waals surface area contributed by atoms with E-state index in [1.165, 1.54) is 0 Å². The van der Waals surface area contributed by atoms with E-state index in [2.05, 4.69) is 4.98 Å². The summed E-state index contributed by atoms with van der Waals surface area (Å²) in [7, 11) is 1.80. The minimum atomic E-state index is -0.0652. The second kappa shape index (κ2) is 5.75. The summed E-state index contributed by atoms with van der Waals surface area (Å²) in [6.45, 7) is 0.578. The topological polar surface area (TPSA) is 33.2 Å². The molecule has 104 valence electrons. The van der Waals surface area contributed by atoms with E-state index in [0.717, 1.165) is 16.3 Å². The third kappa shape index (κ3) is 2.92. The molecule has 1 aromatic heterocycles. The van der Waals surface area contributed by atoms with Crippen molar-refractivity contribution in [3.05, 3.63) is 78.1 Å². The first-order valence-corrected chi connectivity index (χ1v) is 6.88. The Balaban J connectivity index is 1.82. The van der Waals surface area contributed by atoms with Crippen molar-refractivity contribution < 1.29 is 4.79 Å². The van der Waals surface area contributed by atoms with Crippen LogP contribution in [0.25, 0.3) is 10.8 Å². The second-order valence-corrected chi connectivity index (χ2v) is 5.06. The lowest BCUT2D eigenvalue weighted by Crippen LogP contribution is -2.26. The van der Waals surface area contributed by atoms with Crippen molar-refractivity contribution in [2.75, 3.05) is 7.05 Å². The molecule has 0 aliphatic carbocycles. The minimum absolute atomic E-state index is 0.0652. The van der Waals surface area contributed by atoms with Gasteiger partial charge >= 0.3 is 0 Å². The van der Waals surface area contributed by atoms with Crippen LogP contribution in [-0.2, 0) is 6.54 Å². The van der Waals surface area contributed by atoms with Gasteiger partial charge in [0.25, 0.3) is 5.91 Å². The first kappa shape index (κ1) is 13.3. The number of fused-ring (bicyclic) bond motifs is 1. The van der Waals surface area contributed by atoms with Gasteiger partial charge in [-0.25, -0.2) is 0 Å². The van der Waals surface area contributed by atoms with E-state index < -0.39 is 0 Å². The molecule has 21 heavy (non-hydrogen) atoms. The lowest BCUT2D eigenvalue weighted by Gasteiger charge is -2.17. The van der Waals surface area contributed by atoms with Gasteiger partial charge in [0.1, 0.15) is 5.69 Å². The maximum atomic E-state index is 12.5. The van der Waals surface area contributed by atoms with Crippen molar-refractivity contribution in [2.45, 2.75) is 6.54 Å². The lowest BCUT2D eigenvalue weighted by atomic mass is 10.1. The van der Waals surface area contributed by atoms with Crippen LogP contribution in [0.3, 0.4) is 0 Å². The molecule has 0 fully saturated rings. The van der Waals surface area contributed by atoms with Crippen LogP contribution >= 0.6 is 0 Å². The van der Waals surface area contributed by atoms with Gasteiger partial charge in [-0.05, 0) is 17.0 Å². The normalized spacial score (nSPS) is 10.5. The van der Waals surface area contributed by atoms with E-state index in [0.29, 0.717) is 12.2 Å². The van der Waals surface area contributed by atoms with Gasteiger partial charge in [0, 0.05) is 25.2 Å². The van der Waals surface area contributed by atoms with Gasteiger partial charge in [-0.2, -0.15) is 0 Å². The van der Waals surface area contributed by atoms with Crippen LogP contribution in [0.15, 0.2) is 66.9 Å². The number of nitrogens with zero attached hydrogens (tertiary/aromatic N) is 2. The highest BCUT2D eigenvalue weighted by molar-refractivity contribution is 5.96. The number of aromatic nitrogens is 1. The number of hydrogen-bond donors (Lipinski definition) is 0. The number of pyridine rings is 1. The Bertz CT molecular complexity index is 768. The van der Waals surface area contributed by atoms with E-state index in [9.17, 15) is 4.79 Å². The van der Waals surface area contributed by atoms with Crippen LogP contribution in [0.2, 0.25) is 0 Å². The third-order valence-corrected chi connectivity index (χ3v) is 3.46. The van der Waals surface area contributed by atoms with Gasteiger partial charge in [0.05, 0.1) is 0 Å². The molecule has 1 heterocycles. The first-order chi connectivity index (χ1) is 10.2. The summed E-state index contributed by atoms with van der Waals surface area (Å²) in [6, 6.07) is 19.7. The molecule has 2 aromatic carbocycles. The lowest BCUT2D eigenvalue weighted by molar-refractivity contribution is 0.0779. The highest BCUT2D eigenvalue weighted by Gasteiger charge is 2.13. The van der Waals surface area contributed by atoms with Crippen LogP contribution in [0.5, 0.6) is 0 Å². The van der Waals surface area contributed by atoms with Gasteiger partial charge in [-0.15, -0.1) is 0 Å².